The normalized spacial score (nSPS) is 10.8. The quantitative estimate of drug-likeness (QED) is 0.321. The number of fused-ring (bicyclic) bond motifs is 1. The molecule has 5 rings (SSSR count). The number of rotatable bonds is 6. The fourth-order valence-corrected chi connectivity index (χ4v) is 4.85. The standard InChI is InChI=1S/C27H22N4OS/c1-4-20-16-23(21-10-6-5-7-11-21)33-25(20)24-26(31-14-13-18(2)29-27(31)30-24)28-17-19-9-8-12-22(15-19)32-3/h1,5-16,28H,17H2,2-3H3. The number of benzene rings is 2. The Bertz CT molecular complexity index is 1480. The van der Waals surface area contributed by atoms with Gasteiger partial charge in [-0.25, -0.2) is 9.97 Å². The zero-order valence-corrected chi connectivity index (χ0v) is 19.2. The fraction of sp³-hybridized carbons (Fsp3) is 0.111. The lowest BCUT2D eigenvalue weighted by Crippen LogP contribution is -2.04. The molecule has 0 amide bonds. The second-order valence-electron chi connectivity index (χ2n) is 7.62. The smallest absolute Gasteiger partial charge is 0.236 e. The van der Waals surface area contributed by atoms with Crippen LogP contribution >= 0.6 is 11.3 Å². The highest BCUT2D eigenvalue weighted by Gasteiger charge is 2.20. The van der Waals surface area contributed by atoms with Crippen molar-refractivity contribution in [2.24, 2.45) is 0 Å². The van der Waals surface area contributed by atoms with Gasteiger partial charge in [0.15, 0.2) is 0 Å². The van der Waals surface area contributed by atoms with E-state index in [1.807, 2.05) is 60.0 Å². The van der Waals surface area contributed by atoms with Gasteiger partial charge in [0.05, 0.1) is 12.0 Å². The fourth-order valence-electron chi connectivity index (χ4n) is 3.73. The van der Waals surface area contributed by atoms with E-state index in [1.165, 1.54) is 0 Å². The van der Waals surface area contributed by atoms with Crippen LogP contribution in [0.4, 0.5) is 5.82 Å². The van der Waals surface area contributed by atoms with Gasteiger partial charge in [0.25, 0.3) is 0 Å². The summed E-state index contributed by atoms with van der Waals surface area (Å²) >= 11 is 1.65. The molecule has 5 aromatic rings. The van der Waals surface area contributed by atoms with Crippen LogP contribution in [0.25, 0.3) is 26.8 Å². The molecule has 0 fully saturated rings. The van der Waals surface area contributed by atoms with Crippen molar-refractivity contribution in [1.82, 2.24) is 14.4 Å². The van der Waals surface area contributed by atoms with E-state index < -0.39 is 0 Å². The van der Waals surface area contributed by atoms with Crippen molar-refractivity contribution in [2.45, 2.75) is 13.5 Å². The highest BCUT2D eigenvalue weighted by atomic mass is 32.1. The van der Waals surface area contributed by atoms with Crippen LogP contribution in [0.5, 0.6) is 5.75 Å². The minimum absolute atomic E-state index is 0.605. The zero-order valence-electron chi connectivity index (χ0n) is 18.4. The van der Waals surface area contributed by atoms with E-state index in [2.05, 4.69) is 40.5 Å². The third kappa shape index (κ3) is 4.07. The minimum Gasteiger partial charge on any atom is -0.497 e. The number of aromatic nitrogens is 3. The van der Waals surface area contributed by atoms with Gasteiger partial charge in [-0.3, -0.25) is 4.40 Å². The van der Waals surface area contributed by atoms with Gasteiger partial charge >= 0.3 is 0 Å². The Labute approximate surface area is 196 Å². The summed E-state index contributed by atoms with van der Waals surface area (Å²) in [6, 6.07) is 22.3. The number of hydrogen-bond donors (Lipinski definition) is 1. The molecular weight excluding hydrogens is 428 g/mol. The van der Waals surface area contributed by atoms with Crippen molar-refractivity contribution in [3.63, 3.8) is 0 Å². The summed E-state index contributed by atoms with van der Waals surface area (Å²) in [5.74, 6) is 5.17. The van der Waals surface area contributed by atoms with E-state index in [0.717, 1.165) is 49.4 Å². The van der Waals surface area contributed by atoms with Gasteiger partial charge in [-0.2, -0.15) is 0 Å². The predicted octanol–water partition coefficient (Wildman–Crippen LogP) is 6.04. The van der Waals surface area contributed by atoms with Crippen LogP contribution in [0, 0.1) is 19.3 Å². The molecule has 3 heterocycles. The number of anilines is 1. The van der Waals surface area contributed by atoms with E-state index in [1.54, 1.807) is 18.4 Å². The van der Waals surface area contributed by atoms with Crippen molar-refractivity contribution in [1.29, 1.82) is 0 Å². The predicted molar refractivity (Wildman–Crippen MR) is 135 cm³/mol. The van der Waals surface area contributed by atoms with E-state index in [4.69, 9.17) is 16.1 Å². The first kappa shape index (κ1) is 20.8. The summed E-state index contributed by atoms with van der Waals surface area (Å²) in [7, 11) is 1.67. The monoisotopic (exact) mass is 450 g/mol. The molecule has 0 aliphatic heterocycles. The van der Waals surface area contributed by atoms with Gasteiger partial charge < -0.3 is 10.1 Å². The number of thiophene rings is 1. The van der Waals surface area contributed by atoms with Gasteiger partial charge in [0.1, 0.15) is 17.3 Å². The number of imidazole rings is 1. The van der Waals surface area contributed by atoms with Crippen LogP contribution in [0.1, 0.15) is 16.8 Å². The Morgan fingerprint density at radius 3 is 2.70 bits per heavy atom. The van der Waals surface area contributed by atoms with Gasteiger partial charge in [0, 0.05) is 28.9 Å². The van der Waals surface area contributed by atoms with Crippen LogP contribution in [0.15, 0.2) is 72.9 Å². The molecule has 162 valence electrons. The molecule has 6 heteroatoms. The first-order valence-electron chi connectivity index (χ1n) is 10.5. The summed E-state index contributed by atoms with van der Waals surface area (Å²) < 4.78 is 7.34. The van der Waals surface area contributed by atoms with Gasteiger partial charge in [-0.15, -0.1) is 17.8 Å². The molecule has 0 aliphatic carbocycles. The number of terminal acetylenes is 1. The van der Waals surface area contributed by atoms with Crippen LogP contribution in [0.3, 0.4) is 0 Å². The first-order chi connectivity index (χ1) is 16.2. The van der Waals surface area contributed by atoms with Gasteiger partial charge in [-0.05, 0) is 42.3 Å². The molecule has 0 bridgehead atoms. The van der Waals surface area contributed by atoms with Crippen LogP contribution in [0.2, 0.25) is 0 Å². The molecule has 33 heavy (non-hydrogen) atoms. The molecule has 1 N–H and O–H groups in total. The van der Waals surface area contributed by atoms with Crippen molar-refractivity contribution >= 4 is 22.9 Å². The molecule has 5 nitrogen and oxygen atoms in total. The summed E-state index contributed by atoms with van der Waals surface area (Å²) in [4.78, 5) is 11.6. The molecule has 0 saturated heterocycles. The maximum atomic E-state index is 5.92. The van der Waals surface area contributed by atoms with E-state index in [9.17, 15) is 0 Å². The summed E-state index contributed by atoms with van der Waals surface area (Å²) in [6.45, 7) is 2.57. The SMILES string of the molecule is C#Cc1cc(-c2ccccc2)sc1-c1nc2nc(C)ccn2c1NCc1cccc(OC)c1. The molecule has 0 saturated carbocycles. The average Bonchev–Trinajstić information content (AvgIpc) is 3.44. The van der Waals surface area contributed by atoms with E-state index in [0.29, 0.717) is 12.3 Å². The Kier molecular flexibility index (Phi) is 5.55. The molecule has 3 aromatic heterocycles. The molecule has 0 atom stereocenters. The Hall–Kier alpha value is -4.08. The van der Waals surface area contributed by atoms with Crippen molar-refractivity contribution < 1.29 is 4.74 Å². The van der Waals surface area contributed by atoms with Crippen molar-refractivity contribution in [3.05, 3.63) is 89.7 Å². The number of nitrogens with zero attached hydrogens (tertiary/aromatic N) is 3. The number of methoxy groups -OCH3 is 1. The third-order valence-electron chi connectivity index (χ3n) is 5.39. The maximum Gasteiger partial charge on any atom is 0.236 e. The summed E-state index contributed by atoms with van der Waals surface area (Å²) in [5, 5.41) is 3.57. The second kappa shape index (κ2) is 8.81. The summed E-state index contributed by atoms with van der Waals surface area (Å²) in [6.07, 6.45) is 7.91. The zero-order chi connectivity index (χ0) is 22.8. The molecule has 0 aliphatic rings. The van der Waals surface area contributed by atoms with Gasteiger partial charge in [-0.1, -0.05) is 48.4 Å². The number of hydrogen-bond acceptors (Lipinski definition) is 5. The lowest BCUT2D eigenvalue weighted by atomic mass is 10.1. The molecular formula is C27H22N4OS. The number of ether oxygens (including phenoxy) is 1. The van der Waals surface area contributed by atoms with E-state index in [-0.39, 0.29) is 0 Å². The second-order valence-corrected chi connectivity index (χ2v) is 8.67. The largest absolute Gasteiger partial charge is 0.497 e. The topological polar surface area (TPSA) is 51.5 Å². The highest BCUT2D eigenvalue weighted by Crippen LogP contribution is 2.40. The Morgan fingerprint density at radius 1 is 1.06 bits per heavy atom. The molecule has 2 aromatic carbocycles. The van der Waals surface area contributed by atoms with Crippen LogP contribution in [-0.2, 0) is 6.54 Å². The molecule has 0 spiro atoms. The minimum atomic E-state index is 0.605. The Balaban J connectivity index is 1.61. The number of aryl methyl sites for hydroxylation is 1. The molecule has 0 unspecified atom stereocenters. The lowest BCUT2D eigenvalue weighted by molar-refractivity contribution is 0.414. The van der Waals surface area contributed by atoms with E-state index >= 15 is 0 Å². The number of nitrogens with one attached hydrogen (secondary N) is 1. The van der Waals surface area contributed by atoms with Crippen LogP contribution < -0.4 is 10.1 Å². The van der Waals surface area contributed by atoms with Crippen molar-refractivity contribution in [2.75, 3.05) is 12.4 Å². The average molecular weight is 451 g/mol. The third-order valence-corrected chi connectivity index (χ3v) is 6.58. The Morgan fingerprint density at radius 2 is 1.91 bits per heavy atom. The highest BCUT2D eigenvalue weighted by molar-refractivity contribution is 7.19. The lowest BCUT2D eigenvalue weighted by Gasteiger charge is -2.10. The summed E-state index contributed by atoms with van der Waals surface area (Å²) in [5.41, 5.74) is 4.77. The molecule has 0 radical (unpaired) electrons. The van der Waals surface area contributed by atoms with Crippen molar-refractivity contribution in [3.8, 4) is 39.1 Å². The van der Waals surface area contributed by atoms with Gasteiger partial charge in [0.2, 0.25) is 5.78 Å². The first-order valence-corrected chi connectivity index (χ1v) is 11.4. The van der Waals surface area contributed by atoms with Crippen LogP contribution in [-0.4, -0.2) is 21.5 Å². The maximum absolute atomic E-state index is 5.92.